The monoisotopic (exact) mass is 348 g/mol. The molecule has 140 valence electrons. The molecule has 2 heterocycles. The van der Waals surface area contributed by atoms with Crippen molar-refractivity contribution >= 4 is 5.91 Å². The van der Waals surface area contributed by atoms with Crippen LogP contribution in [-0.4, -0.2) is 69.4 Å². The Bertz CT molecular complexity index is 584. The van der Waals surface area contributed by atoms with Gasteiger partial charge in [-0.25, -0.2) is 0 Å². The third kappa shape index (κ3) is 3.75. The molecule has 0 radical (unpaired) electrons. The third-order valence-corrected chi connectivity index (χ3v) is 5.84. The minimum absolute atomic E-state index is 0.133. The molecule has 1 saturated heterocycles. The van der Waals surface area contributed by atoms with E-state index in [2.05, 4.69) is 35.5 Å². The molecule has 1 amide bonds. The van der Waals surface area contributed by atoms with Crippen LogP contribution in [-0.2, 0) is 0 Å². The molecule has 1 aliphatic carbocycles. The molecule has 1 N–H and O–H groups in total. The zero-order valence-electron chi connectivity index (χ0n) is 15.8. The molecular formula is C19H32N4O2. The maximum atomic E-state index is 13.1. The molecular weight excluding hydrogens is 316 g/mol. The van der Waals surface area contributed by atoms with Gasteiger partial charge in [0, 0.05) is 44.2 Å². The van der Waals surface area contributed by atoms with E-state index in [0.29, 0.717) is 12.0 Å². The van der Waals surface area contributed by atoms with E-state index in [-0.39, 0.29) is 18.6 Å². The summed E-state index contributed by atoms with van der Waals surface area (Å²) < 4.78 is 2.08. The first-order valence-electron chi connectivity index (χ1n) is 9.82. The van der Waals surface area contributed by atoms with Gasteiger partial charge in [-0.1, -0.05) is 13.8 Å². The minimum Gasteiger partial charge on any atom is -0.395 e. The number of nitrogens with zero attached hydrogens (tertiary/aromatic N) is 4. The summed E-state index contributed by atoms with van der Waals surface area (Å²) in [5, 5.41) is 14.0. The summed E-state index contributed by atoms with van der Waals surface area (Å²) >= 11 is 0. The summed E-state index contributed by atoms with van der Waals surface area (Å²) in [5.74, 6) is 0.642. The molecule has 2 unspecified atom stereocenters. The van der Waals surface area contributed by atoms with Crippen molar-refractivity contribution in [3.8, 4) is 0 Å². The number of piperazine rings is 1. The van der Waals surface area contributed by atoms with Crippen molar-refractivity contribution < 1.29 is 9.90 Å². The molecule has 6 nitrogen and oxygen atoms in total. The van der Waals surface area contributed by atoms with E-state index in [0.717, 1.165) is 50.3 Å². The lowest BCUT2D eigenvalue weighted by Crippen LogP contribution is -2.52. The number of carbonyl (C=O) groups excluding carboxylic acids is 1. The van der Waals surface area contributed by atoms with E-state index in [9.17, 15) is 9.90 Å². The average molecular weight is 348 g/mol. The Hall–Kier alpha value is -1.40. The second kappa shape index (κ2) is 7.87. The van der Waals surface area contributed by atoms with E-state index < -0.39 is 0 Å². The minimum atomic E-state index is 0.133. The number of carbonyl (C=O) groups is 1. The van der Waals surface area contributed by atoms with Crippen LogP contribution >= 0.6 is 0 Å². The van der Waals surface area contributed by atoms with Gasteiger partial charge in [-0.3, -0.25) is 14.4 Å². The van der Waals surface area contributed by atoms with Gasteiger partial charge < -0.3 is 10.0 Å². The van der Waals surface area contributed by atoms with Crippen LogP contribution in [0.1, 0.15) is 74.5 Å². The lowest BCUT2D eigenvalue weighted by molar-refractivity contribution is 0.0471. The van der Waals surface area contributed by atoms with Crippen molar-refractivity contribution in [2.75, 3.05) is 32.8 Å². The van der Waals surface area contributed by atoms with Gasteiger partial charge in [-0.15, -0.1) is 0 Å². The molecule has 1 aromatic heterocycles. The van der Waals surface area contributed by atoms with Gasteiger partial charge in [0.05, 0.1) is 24.1 Å². The Morgan fingerprint density at radius 1 is 1.24 bits per heavy atom. The van der Waals surface area contributed by atoms with Gasteiger partial charge in [0.15, 0.2) is 0 Å². The molecule has 3 rings (SSSR count). The highest BCUT2D eigenvalue weighted by molar-refractivity contribution is 5.95. The van der Waals surface area contributed by atoms with Crippen LogP contribution in [0, 0.1) is 0 Å². The summed E-state index contributed by atoms with van der Waals surface area (Å²) in [4.78, 5) is 17.4. The zero-order chi connectivity index (χ0) is 18.0. The van der Waals surface area contributed by atoms with Gasteiger partial charge in [-0.05, 0) is 32.6 Å². The molecule has 1 saturated carbocycles. The molecule has 0 spiro atoms. The van der Waals surface area contributed by atoms with Crippen LogP contribution in [0.5, 0.6) is 0 Å². The molecule has 0 aromatic carbocycles. The van der Waals surface area contributed by atoms with Crippen molar-refractivity contribution in [2.24, 2.45) is 0 Å². The standard InChI is InChI=1S/C19H32N4O2/c1-4-14(3)23-18(15-6-7-15)17(12-20-23)19(25)22-10-8-21(9-11-22)16(5-2)13-24/h12,14-16,24H,4-11,13H2,1-3H3. The summed E-state index contributed by atoms with van der Waals surface area (Å²) in [6.07, 6.45) is 6.10. The summed E-state index contributed by atoms with van der Waals surface area (Å²) in [6, 6.07) is 0.552. The first-order chi connectivity index (χ1) is 12.1. The number of aromatic nitrogens is 2. The number of aliphatic hydroxyl groups is 1. The highest BCUT2D eigenvalue weighted by atomic mass is 16.3. The number of hydrogen-bond donors (Lipinski definition) is 1. The van der Waals surface area contributed by atoms with Gasteiger partial charge in [0.25, 0.3) is 5.91 Å². The largest absolute Gasteiger partial charge is 0.395 e. The molecule has 25 heavy (non-hydrogen) atoms. The van der Waals surface area contributed by atoms with E-state index in [1.165, 1.54) is 12.8 Å². The Kier molecular flexibility index (Phi) is 5.79. The third-order valence-electron chi connectivity index (χ3n) is 5.84. The fraction of sp³-hybridized carbons (Fsp3) is 0.789. The van der Waals surface area contributed by atoms with Crippen molar-refractivity contribution in [1.82, 2.24) is 19.6 Å². The Morgan fingerprint density at radius 2 is 1.92 bits per heavy atom. The van der Waals surface area contributed by atoms with Crippen molar-refractivity contribution in [1.29, 1.82) is 0 Å². The zero-order valence-corrected chi connectivity index (χ0v) is 15.8. The van der Waals surface area contributed by atoms with Crippen LogP contribution in [0.3, 0.4) is 0 Å². The quantitative estimate of drug-likeness (QED) is 0.821. The van der Waals surface area contributed by atoms with Crippen LogP contribution in [0.4, 0.5) is 0 Å². The summed E-state index contributed by atoms with van der Waals surface area (Å²) in [7, 11) is 0. The molecule has 1 aliphatic heterocycles. The second-order valence-electron chi connectivity index (χ2n) is 7.49. The fourth-order valence-electron chi connectivity index (χ4n) is 3.79. The number of hydrogen-bond acceptors (Lipinski definition) is 4. The molecule has 0 bridgehead atoms. The lowest BCUT2D eigenvalue weighted by atomic mass is 10.1. The maximum absolute atomic E-state index is 13.1. The van der Waals surface area contributed by atoms with Crippen molar-refractivity contribution in [3.63, 3.8) is 0 Å². The van der Waals surface area contributed by atoms with Crippen LogP contribution in [0.15, 0.2) is 6.20 Å². The Balaban J connectivity index is 1.71. The first kappa shape index (κ1) is 18.4. The lowest BCUT2D eigenvalue weighted by Gasteiger charge is -2.38. The predicted octanol–water partition coefficient (Wildman–Crippen LogP) is 2.26. The molecule has 2 atom stereocenters. The predicted molar refractivity (Wildman–Crippen MR) is 97.8 cm³/mol. The van der Waals surface area contributed by atoms with Gasteiger partial charge >= 0.3 is 0 Å². The molecule has 6 heteroatoms. The number of amides is 1. The van der Waals surface area contributed by atoms with Crippen LogP contribution in [0.2, 0.25) is 0 Å². The van der Waals surface area contributed by atoms with Gasteiger partial charge in [0.2, 0.25) is 0 Å². The van der Waals surface area contributed by atoms with Crippen molar-refractivity contribution in [2.45, 2.75) is 64.5 Å². The van der Waals surface area contributed by atoms with Crippen LogP contribution < -0.4 is 0 Å². The van der Waals surface area contributed by atoms with E-state index in [1.54, 1.807) is 6.20 Å². The van der Waals surface area contributed by atoms with E-state index in [4.69, 9.17) is 0 Å². The smallest absolute Gasteiger partial charge is 0.257 e. The topological polar surface area (TPSA) is 61.6 Å². The Morgan fingerprint density at radius 3 is 2.44 bits per heavy atom. The normalized spacial score (nSPS) is 21.4. The number of aliphatic hydroxyl groups excluding tert-OH is 1. The highest BCUT2D eigenvalue weighted by Crippen LogP contribution is 2.43. The average Bonchev–Trinajstić information content (AvgIpc) is 3.40. The van der Waals surface area contributed by atoms with E-state index in [1.807, 2.05) is 4.90 Å². The Labute approximate surface area is 150 Å². The first-order valence-corrected chi connectivity index (χ1v) is 9.82. The van der Waals surface area contributed by atoms with Gasteiger partial charge in [0.1, 0.15) is 0 Å². The maximum Gasteiger partial charge on any atom is 0.257 e. The molecule has 2 aliphatic rings. The summed E-state index contributed by atoms with van der Waals surface area (Å²) in [6.45, 7) is 9.76. The second-order valence-corrected chi connectivity index (χ2v) is 7.49. The number of rotatable bonds is 7. The van der Waals surface area contributed by atoms with E-state index >= 15 is 0 Å². The highest BCUT2D eigenvalue weighted by Gasteiger charge is 2.35. The molecule has 1 aromatic rings. The fourth-order valence-corrected chi connectivity index (χ4v) is 3.79. The van der Waals surface area contributed by atoms with Crippen LogP contribution in [0.25, 0.3) is 0 Å². The molecule has 2 fully saturated rings. The summed E-state index contributed by atoms with van der Waals surface area (Å²) in [5.41, 5.74) is 1.97. The SMILES string of the molecule is CCC(CO)N1CCN(C(=O)c2cnn(C(C)CC)c2C2CC2)CC1. The van der Waals surface area contributed by atoms with Gasteiger partial charge in [-0.2, -0.15) is 5.10 Å². The van der Waals surface area contributed by atoms with Crippen molar-refractivity contribution in [3.05, 3.63) is 17.5 Å².